The lowest BCUT2D eigenvalue weighted by atomic mass is 10.5. The van der Waals surface area contributed by atoms with Crippen LogP contribution in [0.1, 0.15) is 26.7 Å². The lowest BCUT2D eigenvalue weighted by Crippen LogP contribution is -2.38. The molecule has 5 heteroatoms. The van der Waals surface area contributed by atoms with Crippen LogP contribution in [-0.4, -0.2) is 40.6 Å². The molecule has 0 rings (SSSR count). The fourth-order valence-corrected chi connectivity index (χ4v) is 8.82. The molecule has 0 bridgehead atoms. The third-order valence-electron chi connectivity index (χ3n) is 2.29. The van der Waals surface area contributed by atoms with E-state index in [-0.39, 0.29) is 0 Å². The first-order valence-electron chi connectivity index (χ1n) is 6.68. The van der Waals surface area contributed by atoms with E-state index in [0.717, 1.165) is 26.1 Å². The Hall–Kier alpha value is 0.704. The minimum atomic E-state index is -1.43. The van der Waals surface area contributed by atoms with Gasteiger partial charge in [0.15, 0.2) is 16.6 Å². The third-order valence-corrected chi connectivity index (χ3v) is 11.5. The molecule has 0 saturated carbocycles. The summed E-state index contributed by atoms with van der Waals surface area (Å²) in [5.41, 5.74) is 0. The second kappa shape index (κ2) is 8.74. The molecular weight excluding hydrogens is 264 g/mol. The largest absolute Gasteiger partial charge is 0.417 e. The summed E-state index contributed by atoms with van der Waals surface area (Å²) in [4.78, 5) is 0. The molecule has 0 aromatic heterocycles. The number of hydrogen-bond donors (Lipinski definition) is 0. The number of rotatable bonds is 10. The molecule has 0 aliphatic rings. The minimum Gasteiger partial charge on any atom is -0.417 e. The van der Waals surface area contributed by atoms with Crippen molar-refractivity contribution in [3.8, 4) is 0 Å². The molecule has 0 atom stereocenters. The van der Waals surface area contributed by atoms with E-state index in [9.17, 15) is 0 Å². The summed E-state index contributed by atoms with van der Waals surface area (Å²) in [5, 5.41) is 2.39. The summed E-state index contributed by atoms with van der Waals surface area (Å²) in [6.45, 7) is 15.5. The molecule has 2 nitrogen and oxygen atoms in total. The van der Waals surface area contributed by atoms with Crippen LogP contribution in [0, 0.1) is 0 Å². The highest BCUT2D eigenvalue weighted by atomic mass is 32.2. The van der Waals surface area contributed by atoms with Crippen LogP contribution in [0.25, 0.3) is 0 Å². The van der Waals surface area contributed by atoms with Crippen LogP contribution in [0.2, 0.25) is 26.2 Å². The zero-order valence-electron chi connectivity index (χ0n) is 12.5. The average molecular weight is 295 g/mol. The van der Waals surface area contributed by atoms with Crippen LogP contribution >= 0.6 is 11.8 Å². The van der Waals surface area contributed by atoms with Crippen LogP contribution in [0.3, 0.4) is 0 Å². The second-order valence-electron chi connectivity index (χ2n) is 5.71. The summed E-state index contributed by atoms with van der Waals surface area (Å²) < 4.78 is 11.9. The van der Waals surface area contributed by atoms with Crippen molar-refractivity contribution in [2.75, 3.05) is 24.0 Å². The molecule has 0 amide bonds. The molecule has 0 aliphatic carbocycles. The van der Waals surface area contributed by atoms with Crippen molar-refractivity contribution < 1.29 is 8.85 Å². The number of thioether (sulfide) groups is 1. The van der Waals surface area contributed by atoms with Crippen molar-refractivity contribution in [1.82, 2.24) is 0 Å². The number of hydrogen-bond acceptors (Lipinski definition) is 3. The second-order valence-corrected chi connectivity index (χ2v) is 16.0. The van der Waals surface area contributed by atoms with Crippen LogP contribution in [-0.2, 0) is 8.85 Å². The molecule has 104 valence electrons. The van der Waals surface area contributed by atoms with Gasteiger partial charge in [-0.25, -0.2) is 0 Å². The van der Waals surface area contributed by atoms with Gasteiger partial charge in [0.05, 0.1) is 0 Å². The topological polar surface area (TPSA) is 18.5 Å². The Morgan fingerprint density at radius 2 is 1.12 bits per heavy atom. The van der Waals surface area contributed by atoms with Crippen molar-refractivity contribution in [1.29, 1.82) is 0 Å². The SMILES string of the molecule is CCCO[Si](C)(C)CSC[Si](C)(C)OCCC. The first-order valence-corrected chi connectivity index (χ1v) is 14.1. The Balaban J connectivity index is 3.80. The lowest BCUT2D eigenvalue weighted by molar-refractivity contribution is 0.310. The fourth-order valence-electron chi connectivity index (χ4n) is 1.38. The monoisotopic (exact) mass is 294 g/mol. The van der Waals surface area contributed by atoms with Gasteiger partial charge < -0.3 is 8.85 Å². The zero-order chi connectivity index (χ0) is 13.4. The molecule has 0 unspecified atom stereocenters. The summed E-state index contributed by atoms with van der Waals surface area (Å²) in [5.74, 6) is 0. The molecule has 0 saturated heterocycles. The summed E-state index contributed by atoms with van der Waals surface area (Å²) in [6.07, 6.45) is 2.25. The van der Waals surface area contributed by atoms with E-state index in [1.165, 1.54) is 10.8 Å². The van der Waals surface area contributed by atoms with Crippen LogP contribution in [0.5, 0.6) is 0 Å². The Labute approximate surface area is 114 Å². The van der Waals surface area contributed by atoms with Gasteiger partial charge in [0.2, 0.25) is 0 Å². The van der Waals surface area contributed by atoms with Crippen molar-refractivity contribution >= 4 is 28.4 Å². The molecule has 17 heavy (non-hydrogen) atoms. The van der Waals surface area contributed by atoms with Crippen molar-refractivity contribution in [3.63, 3.8) is 0 Å². The lowest BCUT2D eigenvalue weighted by Gasteiger charge is -2.26. The van der Waals surface area contributed by atoms with Crippen LogP contribution < -0.4 is 0 Å². The molecular formula is C12H30O2SSi2. The van der Waals surface area contributed by atoms with Gasteiger partial charge in [0.1, 0.15) is 0 Å². The van der Waals surface area contributed by atoms with E-state index in [1.807, 2.05) is 11.8 Å². The highest BCUT2D eigenvalue weighted by Crippen LogP contribution is 2.18. The standard InChI is InChI=1S/C12H30O2SSi2/c1-7-9-13-16(3,4)11-15-12-17(5,6)14-10-8-2/h7-12H2,1-6H3. The molecule has 0 fully saturated rings. The maximum Gasteiger partial charge on any atom is 0.196 e. The van der Waals surface area contributed by atoms with Crippen LogP contribution in [0.4, 0.5) is 0 Å². The minimum absolute atomic E-state index is 0.924. The van der Waals surface area contributed by atoms with Gasteiger partial charge in [-0.2, -0.15) is 11.8 Å². The average Bonchev–Trinajstić information content (AvgIpc) is 2.23. The molecule has 0 N–H and O–H groups in total. The third kappa shape index (κ3) is 10.3. The summed E-state index contributed by atoms with van der Waals surface area (Å²) in [6, 6.07) is 0. The van der Waals surface area contributed by atoms with Crippen LogP contribution in [0.15, 0.2) is 0 Å². The van der Waals surface area contributed by atoms with E-state index >= 15 is 0 Å². The Kier molecular flexibility index (Phi) is 9.11. The Morgan fingerprint density at radius 3 is 1.41 bits per heavy atom. The highest BCUT2D eigenvalue weighted by Gasteiger charge is 2.26. The van der Waals surface area contributed by atoms with Gasteiger partial charge in [-0.1, -0.05) is 13.8 Å². The normalized spacial score (nSPS) is 13.1. The zero-order valence-corrected chi connectivity index (χ0v) is 15.3. The first kappa shape index (κ1) is 17.7. The van der Waals surface area contributed by atoms with Gasteiger partial charge in [-0.3, -0.25) is 0 Å². The smallest absolute Gasteiger partial charge is 0.196 e. The maximum atomic E-state index is 5.97. The van der Waals surface area contributed by atoms with Crippen molar-refractivity contribution in [3.05, 3.63) is 0 Å². The molecule has 0 aromatic carbocycles. The van der Waals surface area contributed by atoms with Gasteiger partial charge in [-0.15, -0.1) is 0 Å². The van der Waals surface area contributed by atoms with E-state index < -0.39 is 16.6 Å². The van der Waals surface area contributed by atoms with E-state index in [2.05, 4.69) is 40.0 Å². The molecule has 0 heterocycles. The Morgan fingerprint density at radius 1 is 0.765 bits per heavy atom. The van der Waals surface area contributed by atoms with E-state index in [0.29, 0.717) is 0 Å². The predicted molar refractivity (Wildman–Crippen MR) is 84.8 cm³/mol. The fraction of sp³-hybridized carbons (Fsp3) is 1.00. The van der Waals surface area contributed by atoms with Gasteiger partial charge >= 0.3 is 0 Å². The van der Waals surface area contributed by atoms with Gasteiger partial charge in [0.25, 0.3) is 0 Å². The van der Waals surface area contributed by atoms with E-state index in [4.69, 9.17) is 8.85 Å². The van der Waals surface area contributed by atoms with Gasteiger partial charge in [0, 0.05) is 24.0 Å². The van der Waals surface area contributed by atoms with Crippen molar-refractivity contribution in [2.24, 2.45) is 0 Å². The van der Waals surface area contributed by atoms with E-state index in [1.54, 1.807) is 0 Å². The molecule has 0 spiro atoms. The molecule has 0 radical (unpaired) electrons. The first-order chi connectivity index (χ1) is 7.83. The maximum absolute atomic E-state index is 5.97. The highest BCUT2D eigenvalue weighted by molar-refractivity contribution is 8.02. The summed E-state index contributed by atoms with van der Waals surface area (Å²) in [7, 11) is -2.85. The Bertz CT molecular complexity index is 179. The quantitative estimate of drug-likeness (QED) is 0.566. The van der Waals surface area contributed by atoms with Gasteiger partial charge in [-0.05, 0) is 39.0 Å². The molecule has 0 aromatic rings. The van der Waals surface area contributed by atoms with Crippen molar-refractivity contribution in [2.45, 2.75) is 52.9 Å². The molecule has 0 aliphatic heterocycles. The summed E-state index contributed by atoms with van der Waals surface area (Å²) >= 11 is 2.04. The predicted octanol–water partition coefficient (Wildman–Crippen LogP) is 4.06.